The van der Waals surface area contributed by atoms with Crippen LogP contribution in [0.5, 0.6) is 0 Å². The minimum Gasteiger partial charge on any atom is -0.310 e. The van der Waals surface area contributed by atoms with E-state index in [0.29, 0.717) is 6.04 Å². The first-order valence-electron chi connectivity index (χ1n) is 4.96. The molecular formula is C11H13ClIN. The lowest BCUT2D eigenvalue weighted by Gasteiger charge is -2.25. The zero-order valence-electron chi connectivity index (χ0n) is 7.89. The van der Waals surface area contributed by atoms with Gasteiger partial charge < -0.3 is 5.32 Å². The number of piperidine rings is 1. The van der Waals surface area contributed by atoms with Crippen molar-refractivity contribution >= 4 is 34.2 Å². The fourth-order valence-electron chi connectivity index (χ4n) is 1.91. The second-order valence-electron chi connectivity index (χ2n) is 3.65. The van der Waals surface area contributed by atoms with Crippen LogP contribution in [0.3, 0.4) is 0 Å². The Labute approximate surface area is 103 Å². The lowest BCUT2D eigenvalue weighted by molar-refractivity contribution is 0.411. The van der Waals surface area contributed by atoms with Crippen LogP contribution in [-0.4, -0.2) is 6.54 Å². The number of hydrogen-bond acceptors (Lipinski definition) is 1. The minimum absolute atomic E-state index is 0.509. The van der Waals surface area contributed by atoms with Crippen LogP contribution in [0, 0.1) is 3.57 Å². The van der Waals surface area contributed by atoms with Crippen LogP contribution in [-0.2, 0) is 0 Å². The quantitative estimate of drug-likeness (QED) is 0.777. The standard InChI is InChI=1S/C11H13ClIN/c12-9-5-3-4-8(11(9)13)10-6-1-2-7-14-10/h3-5,10,14H,1-2,6-7H2/t10-/m0/s1. The van der Waals surface area contributed by atoms with Gasteiger partial charge in [0.25, 0.3) is 0 Å². The largest absolute Gasteiger partial charge is 0.310 e. The van der Waals surface area contributed by atoms with E-state index in [-0.39, 0.29) is 0 Å². The monoisotopic (exact) mass is 321 g/mol. The summed E-state index contributed by atoms with van der Waals surface area (Å²) < 4.78 is 1.20. The Kier molecular flexibility index (Phi) is 3.68. The summed E-state index contributed by atoms with van der Waals surface area (Å²) >= 11 is 8.43. The zero-order chi connectivity index (χ0) is 9.97. The predicted octanol–water partition coefficient (Wildman–Crippen LogP) is 3.76. The Balaban J connectivity index is 2.26. The predicted molar refractivity (Wildman–Crippen MR) is 68.8 cm³/mol. The smallest absolute Gasteiger partial charge is 0.0542 e. The Morgan fingerprint density at radius 3 is 2.93 bits per heavy atom. The number of hydrogen-bond donors (Lipinski definition) is 1. The van der Waals surface area contributed by atoms with Gasteiger partial charge in [-0.1, -0.05) is 30.2 Å². The maximum Gasteiger partial charge on any atom is 0.0542 e. The molecule has 0 amide bonds. The van der Waals surface area contributed by atoms with Crippen LogP contribution in [0.15, 0.2) is 18.2 Å². The van der Waals surface area contributed by atoms with Crippen LogP contribution in [0.4, 0.5) is 0 Å². The van der Waals surface area contributed by atoms with Crippen molar-refractivity contribution in [1.82, 2.24) is 5.32 Å². The van der Waals surface area contributed by atoms with Crippen molar-refractivity contribution in [1.29, 1.82) is 0 Å². The lowest BCUT2D eigenvalue weighted by atomic mass is 9.98. The molecule has 1 heterocycles. The molecule has 0 aliphatic carbocycles. The number of nitrogens with one attached hydrogen (secondary N) is 1. The summed E-state index contributed by atoms with van der Waals surface area (Å²) in [5, 5.41) is 4.41. The summed E-state index contributed by atoms with van der Waals surface area (Å²) in [4.78, 5) is 0. The SMILES string of the molecule is Clc1cccc([C@@H]2CCCCN2)c1I. The Bertz CT molecular complexity index is 321. The van der Waals surface area contributed by atoms with E-state index in [2.05, 4.69) is 34.0 Å². The summed E-state index contributed by atoms with van der Waals surface area (Å²) in [6, 6.07) is 6.68. The molecule has 0 radical (unpaired) electrons. The van der Waals surface area contributed by atoms with E-state index >= 15 is 0 Å². The molecule has 3 heteroatoms. The molecular weight excluding hydrogens is 308 g/mol. The number of halogens is 2. The van der Waals surface area contributed by atoms with Crippen LogP contribution in [0.25, 0.3) is 0 Å². The fraction of sp³-hybridized carbons (Fsp3) is 0.455. The van der Waals surface area contributed by atoms with E-state index in [0.717, 1.165) is 11.6 Å². The van der Waals surface area contributed by atoms with Gasteiger partial charge in [0.05, 0.1) is 5.02 Å². The van der Waals surface area contributed by atoms with Crippen molar-refractivity contribution in [2.45, 2.75) is 25.3 Å². The maximum absolute atomic E-state index is 6.10. The van der Waals surface area contributed by atoms with Gasteiger partial charge in [0.2, 0.25) is 0 Å². The van der Waals surface area contributed by atoms with Gasteiger partial charge in [0.15, 0.2) is 0 Å². The van der Waals surface area contributed by atoms with Gasteiger partial charge >= 0.3 is 0 Å². The Morgan fingerprint density at radius 1 is 1.36 bits per heavy atom. The third-order valence-electron chi connectivity index (χ3n) is 2.67. The third kappa shape index (κ3) is 2.23. The van der Waals surface area contributed by atoms with Crippen molar-refractivity contribution in [3.8, 4) is 0 Å². The van der Waals surface area contributed by atoms with Gasteiger partial charge in [-0.3, -0.25) is 0 Å². The summed E-state index contributed by atoms with van der Waals surface area (Å²) in [5.74, 6) is 0. The first-order chi connectivity index (χ1) is 6.79. The molecule has 1 aliphatic heterocycles. The topological polar surface area (TPSA) is 12.0 Å². The van der Waals surface area contributed by atoms with Crippen LogP contribution >= 0.6 is 34.2 Å². The maximum atomic E-state index is 6.10. The van der Waals surface area contributed by atoms with Crippen molar-refractivity contribution in [2.75, 3.05) is 6.54 Å². The molecule has 76 valence electrons. The number of rotatable bonds is 1. The fourth-order valence-corrected chi connectivity index (χ4v) is 2.82. The summed E-state index contributed by atoms with van der Waals surface area (Å²) in [5.41, 5.74) is 1.36. The average Bonchev–Trinajstić information content (AvgIpc) is 2.23. The summed E-state index contributed by atoms with van der Waals surface area (Å²) in [6.07, 6.45) is 3.85. The highest BCUT2D eigenvalue weighted by Gasteiger charge is 2.17. The zero-order valence-corrected chi connectivity index (χ0v) is 10.8. The molecule has 1 nitrogen and oxygen atoms in total. The van der Waals surface area contributed by atoms with Gasteiger partial charge in [0, 0.05) is 9.61 Å². The molecule has 1 fully saturated rings. The molecule has 1 aliphatic rings. The second-order valence-corrected chi connectivity index (χ2v) is 5.13. The van der Waals surface area contributed by atoms with Crippen LogP contribution in [0.2, 0.25) is 5.02 Å². The minimum atomic E-state index is 0.509. The van der Waals surface area contributed by atoms with Gasteiger partial charge in [-0.15, -0.1) is 0 Å². The first-order valence-corrected chi connectivity index (χ1v) is 6.42. The molecule has 1 saturated heterocycles. The van der Waals surface area contributed by atoms with Crippen LogP contribution < -0.4 is 5.32 Å². The summed E-state index contributed by atoms with van der Waals surface area (Å²) in [6.45, 7) is 1.13. The third-order valence-corrected chi connectivity index (χ3v) is 4.50. The molecule has 0 bridgehead atoms. The highest BCUT2D eigenvalue weighted by Crippen LogP contribution is 2.30. The molecule has 1 N–H and O–H groups in total. The highest BCUT2D eigenvalue weighted by atomic mass is 127. The van der Waals surface area contributed by atoms with Crippen molar-refractivity contribution in [3.63, 3.8) is 0 Å². The molecule has 14 heavy (non-hydrogen) atoms. The first kappa shape index (κ1) is 10.7. The molecule has 1 atom stereocenters. The lowest BCUT2D eigenvalue weighted by Crippen LogP contribution is -2.27. The van der Waals surface area contributed by atoms with E-state index in [4.69, 9.17) is 11.6 Å². The van der Waals surface area contributed by atoms with Gasteiger partial charge in [0.1, 0.15) is 0 Å². The van der Waals surface area contributed by atoms with Crippen LogP contribution in [0.1, 0.15) is 30.9 Å². The number of benzene rings is 1. The van der Waals surface area contributed by atoms with Crippen molar-refractivity contribution in [2.24, 2.45) is 0 Å². The molecule has 0 spiro atoms. The van der Waals surface area contributed by atoms with Gasteiger partial charge in [-0.25, -0.2) is 0 Å². The molecule has 0 saturated carbocycles. The normalized spacial score (nSPS) is 22.3. The van der Waals surface area contributed by atoms with E-state index in [9.17, 15) is 0 Å². The van der Waals surface area contributed by atoms with Gasteiger partial charge in [-0.05, 0) is 53.6 Å². The highest BCUT2D eigenvalue weighted by molar-refractivity contribution is 14.1. The molecule has 1 aromatic carbocycles. The molecule has 1 aromatic rings. The second kappa shape index (κ2) is 4.81. The van der Waals surface area contributed by atoms with E-state index in [1.807, 2.05) is 12.1 Å². The van der Waals surface area contributed by atoms with Crippen molar-refractivity contribution < 1.29 is 0 Å². The van der Waals surface area contributed by atoms with E-state index < -0.39 is 0 Å². The molecule has 0 aromatic heterocycles. The Morgan fingerprint density at radius 2 is 2.21 bits per heavy atom. The molecule has 2 rings (SSSR count). The summed E-state index contributed by atoms with van der Waals surface area (Å²) in [7, 11) is 0. The van der Waals surface area contributed by atoms with E-state index in [1.165, 1.54) is 28.4 Å². The van der Waals surface area contributed by atoms with Crippen molar-refractivity contribution in [3.05, 3.63) is 32.4 Å². The van der Waals surface area contributed by atoms with E-state index in [1.54, 1.807) is 0 Å². The Hall–Kier alpha value is 0.200. The average molecular weight is 322 g/mol. The molecule has 0 unspecified atom stereocenters. The van der Waals surface area contributed by atoms with Gasteiger partial charge in [-0.2, -0.15) is 0 Å².